The van der Waals surface area contributed by atoms with E-state index in [4.69, 9.17) is 0 Å². The summed E-state index contributed by atoms with van der Waals surface area (Å²) in [6.45, 7) is 2.04. The van der Waals surface area contributed by atoms with Crippen LogP contribution in [0.2, 0.25) is 0 Å². The summed E-state index contributed by atoms with van der Waals surface area (Å²) in [6, 6.07) is 10.5. The van der Waals surface area contributed by atoms with Gasteiger partial charge >= 0.3 is 0 Å². The first kappa shape index (κ1) is 10.8. The Morgan fingerprint density at radius 3 is 2.67 bits per heavy atom. The molecule has 15 heavy (non-hydrogen) atoms. The molecule has 0 N–H and O–H groups in total. The second kappa shape index (κ2) is 4.90. The average molecular weight is 282 g/mol. The van der Waals surface area contributed by atoms with Crippen LogP contribution in [0.15, 0.2) is 35.7 Å². The van der Waals surface area contributed by atoms with E-state index < -0.39 is 0 Å². The van der Waals surface area contributed by atoms with Gasteiger partial charge in [0.25, 0.3) is 0 Å². The molecule has 0 amide bonds. The number of benzene rings is 1. The van der Waals surface area contributed by atoms with Crippen LogP contribution in [0.25, 0.3) is 0 Å². The van der Waals surface area contributed by atoms with Crippen LogP contribution in [0.3, 0.4) is 0 Å². The Kier molecular flexibility index (Phi) is 3.54. The zero-order chi connectivity index (χ0) is 10.7. The van der Waals surface area contributed by atoms with Crippen molar-refractivity contribution in [1.29, 1.82) is 0 Å². The zero-order valence-electron chi connectivity index (χ0n) is 8.48. The number of aryl methyl sites for hydroxylation is 1. The van der Waals surface area contributed by atoms with Crippen molar-refractivity contribution < 1.29 is 0 Å². The predicted molar refractivity (Wildman–Crippen MR) is 68.7 cm³/mol. The van der Waals surface area contributed by atoms with Crippen LogP contribution in [0.5, 0.6) is 0 Å². The lowest BCUT2D eigenvalue weighted by atomic mass is 10.1. The molecule has 1 atom stereocenters. The van der Waals surface area contributed by atoms with Gasteiger partial charge in [-0.2, -0.15) is 0 Å². The molecule has 0 spiro atoms. The van der Waals surface area contributed by atoms with Gasteiger partial charge in [0.05, 0.1) is 15.5 Å². The second-order valence-electron chi connectivity index (χ2n) is 3.45. The molecule has 78 valence electrons. The van der Waals surface area contributed by atoms with E-state index in [0.717, 1.165) is 17.1 Å². The van der Waals surface area contributed by atoms with Crippen LogP contribution in [0, 0.1) is 6.92 Å². The van der Waals surface area contributed by atoms with Crippen molar-refractivity contribution in [3.8, 4) is 0 Å². The van der Waals surface area contributed by atoms with E-state index >= 15 is 0 Å². The van der Waals surface area contributed by atoms with E-state index in [1.807, 2.05) is 13.0 Å². The molecule has 1 nitrogen and oxygen atoms in total. The monoisotopic (exact) mass is 281 g/mol. The van der Waals surface area contributed by atoms with Gasteiger partial charge in [-0.05, 0) is 18.9 Å². The molecular weight excluding hydrogens is 270 g/mol. The number of alkyl halides is 1. The fourth-order valence-corrected chi connectivity index (χ4v) is 2.90. The highest BCUT2D eigenvalue weighted by atomic mass is 79.9. The van der Waals surface area contributed by atoms with Crippen LogP contribution in [0.1, 0.15) is 21.1 Å². The van der Waals surface area contributed by atoms with Crippen molar-refractivity contribution in [1.82, 2.24) is 4.98 Å². The fourth-order valence-electron chi connectivity index (χ4n) is 1.45. The average Bonchev–Trinajstić information content (AvgIpc) is 2.66. The van der Waals surface area contributed by atoms with E-state index in [1.165, 1.54) is 5.56 Å². The first-order valence-electron chi connectivity index (χ1n) is 4.86. The zero-order valence-corrected chi connectivity index (χ0v) is 10.9. The van der Waals surface area contributed by atoms with Gasteiger partial charge in [0, 0.05) is 5.38 Å². The third kappa shape index (κ3) is 2.89. The predicted octanol–water partition coefficient (Wildman–Crippen LogP) is 4.13. The van der Waals surface area contributed by atoms with E-state index in [1.54, 1.807) is 11.3 Å². The molecule has 1 heterocycles. The van der Waals surface area contributed by atoms with Crippen molar-refractivity contribution in [2.75, 3.05) is 0 Å². The molecule has 2 aromatic rings. The minimum atomic E-state index is 0.324. The van der Waals surface area contributed by atoms with Gasteiger partial charge in [0.2, 0.25) is 0 Å². The number of nitrogens with zero attached hydrogens (tertiary/aromatic N) is 1. The van der Waals surface area contributed by atoms with E-state index in [-0.39, 0.29) is 0 Å². The van der Waals surface area contributed by atoms with Crippen molar-refractivity contribution in [3.05, 3.63) is 52.0 Å². The van der Waals surface area contributed by atoms with Gasteiger partial charge in [0.15, 0.2) is 0 Å². The standard InChI is InChI=1S/C12H12BrNS/c1-9-14-12(8-15-9)11(13)7-10-5-3-2-4-6-10/h2-6,8,11H,7H2,1H3. The van der Waals surface area contributed by atoms with Crippen molar-refractivity contribution in [3.63, 3.8) is 0 Å². The number of hydrogen-bond donors (Lipinski definition) is 0. The third-order valence-electron chi connectivity index (χ3n) is 2.22. The van der Waals surface area contributed by atoms with Crippen molar-refractivity contribution in [2.24, 2.45) is 0 Å². The number of thiazole rings is 1. The molecule has 0 bridgehead atoms. The van der Waals surface area contributed by atoms with E-state index in [0.29, 0.717) is 4.83 Å². The summed E-state index contributed by atoms with van der Waals surface area (Å²) in [4.78, 5) is 4.80. The lowest BCUT2D eigenvalue weighted by Gasteiger charge is -2.06. The van der Waals surface area contributed by atoms with Crippen molar-refractivity contribution >= 4 is 27.3 Å². The van der Waals surface area contributed by atoms with Gasteiger partial charge in [-0.15, -0.1) is 11.3 Å². The topological polar surface area (TPSA) is 12.9 Å². The highest BCUT2D eigenvalue weighted by Gasteiger charge is 2.10. The summed E-state index contributed by atoms with van der Waals surface area (Å²) in [7, 11) is 0. The molecule has 0 aliphatic rings. The summed E-state index contributed by atoms with van der Waals surface area (Å²) in [5, 5.41) is 3.25. The first-order valence-corrected chi connectivity index (χ1v) is 6.65. The highest BCUT2D eigenvalue weighted by molar-refractivity contribution is 9.09. The minimum absolute atomic E-state index is 0.324. The van der Waals surface area contributed by atoms with Gasteiger partial charge in [-0.3, -0.25) is 0 Å². The van der Waals surface area contributed by atoms with Gasteiger partial charge in [0.1, 0.15) is 0 Å². The number of rotatable bonds is 3. The summed E-state index contributed by atoms with van der Waals surface area (Å²) in [6.07, 6.45) is 0.990. The molecule has 3 heteroatoms. The Labute approximate surface area is 102 Å². The SMILES string of the molecule is Cc1nc(C(Br)Cc2ccccc2)cs1. The molecule has 0 radical (unpaired) electrons. The van der Waals surface area contributed by atoms with Crippen LogP contribution >= 0.6 is 27.3 Å². The summed E-state index contributed by atoms with van der Waals surface area (Å²) in [5.74, 6) is 0. The Morgan fingerprint density at radius 1 is 1.33 bits per heavy atom. The lowest BCUT2D eigenvalue weighted by molar-refractivity contribution is 0.909. The Hall–Kier alpha value is -0.670. The molecular formula is C12H12BrNS. The largest absolute Gasteiger partial charge is 0.245 e. The lowest BCUT2D eigenvalue weighted by Crippen LogP contribution is -1.95. The molecule has 1 unspecified atom stereocenters. The number of hydrogen-bond acceptors (Lipinski definition) is 2. The van der Waals surface area contributed by atoms with Crippen LogP contribution in [0.4, 0.5) is 0 Å². The Morgan fingerprint density at radius 2 is 2.07 bits per heavy atom. The molecule has 2 rings (SSSR count). The van der Waals surface area contributed by atoms with Crippen LogP contribution in [-0.4, -0.2) is 4.98 Å². The maximum atomic E-state index is 4.48. The Balaban J connectivity index is 2.07. The molecule has 0 fully saturated rings. The summed E-state index contributed by atoms with van der Waals surface area (Å²) in [5.41, 5.74) is 2.48. The van der Waals surface area contributed by atoms with Gasteiger partial charge < -0.3 is 0 Å². The van der Waals surface area contributed by atoms with Gasteiger partial charge in [-0.1, -0.05) is 46.3 Å². The molecule has 1 aromatic carbocycles. The molecule has 1 aromatic heterocycles. The fraction of sp³-hybridized carbons (Fsp3) is 0.250. The first-order chi connectivity index (χ1) is 7.25. The van der Waals surface area contributed by atoms with E-state index in [9.17, 15) is 0 Å². The summed E-state index contributed by atoms with van der Waals surface area (Å²) < 4.78 is 0. The minimum Gasteiger partial charge on any atom is -0.245 e. The smallest absolute Gasteiger partial charge is 0.0897 e. The summed E-state index contributed by atoms with van der Waals surface area (Å²) >= 11 is 5.38. The maximum Gasteiger partial charge on any atom is 0.0897 e. The van der Waals surface area contributed by atoms with E-state index in [2.05, 4.69) is 50.6 Å². The van der Waals surface area contributed by atoms with Crippen LogP contribution in [-0.2, 0) is 6.42 Å². The molecule has 0 saturated heterocycles. The van der Waals surface area contributed by atoms with Crippen LogP contribution < -0.4 is 0 Å². The number of halogens is 1. The maximum absolute atomic E-state index is 4.48. The normalized spacial score (nSPS) is 12.7. The Bertz CT molecular complexity index is 424. The second-order valence-corrected chi connectivity index (χ2v) is 5.62. The molecule has 0 aliphatic carbocycles. The third-order valence-corrected chi connectivity index (χ3v) is 3.80. The molecule has 0 saturated carbocycles. The molecule has 0 aliphatic heterocycles. The van der Waals surface area contributed by atoms with Crippen molar-refractivity contribution in [2.45, 2.75) is 18.2 Å². The van der Waals surface area contributed by atoms with Gasteiger partial charge in [-0.25, -0.2) is 4.98 Å². The number of aromatic nitrogens is 1. The highest BCUT2D eigenvalue weighted by Crippen LogP contribution is 2.27. The quantitative estimate of drug-likeness (QED) is 0.771.